The van der Waals surface area contributed by atoms with Crippen LogP contribution in [0.3, 0.4) is 0 Å². The van der Waals surface area contributed by atoms with Gasteiger partial charge < -0.3 is 14.6 Å². The minimum atomic E-state index is -0.868. The molecule has 0 saturated heterocycles. The molecule has 1 fully saturated rings. The van der Waals surface area contributed by atoms with Crippen molar-refractivity contribution < 1.29 is 19.4 Å². The molecule has 1 aliphatic rings. The van der Waals surface area contributed by atoms with Gasteiger partial charge >= 0.3 is 5.97 Å². The molecule has 1 rings (SSSR count). The summed E-state index contributed by atoms with van der Waals surface area (Å²) >= 11 is 0. The van der Waals surface area contributed by atoms with E-state index in [0.29, 0.717) is 25.7 Å². The second kappa shape index (κ2) is 8.51. The highest BCUT2D eigenvalue weighted by atomic mass is 16.5. The summed E-state index contributed by atoms with van der Waals surface area (Å²) < 4.78 is 10.4. The minimum absolute atomic E-state index is 0.438. The molecule has 0 spiro atoms. The summed E-state index contributed by atoms with van der Waals surface area (Å²) in [4.78, 5) is 13.4. The SMILES string of the molecule is CCOC(CCN(CCOC)C(C)C1CC1)C(=O)O. The van der Waals surface area contributed by atoms with Crippen molar-refractivity contribution in [3.63, 3.8) is 0 Å². The maximum Gasteiger partial charge on any atom is 0.332 e. The number of carbonyl (C=O) groups is 1. The first-order valence-corrected chi connectivity index (χ1v) is 7.17. The lowest BCUT2D eigenvalue weighted by atomic mass is 10.1. The van der Waals surface area contributed by atoms with Crippen molar-refractivity contribution in [3.05, 3.63) is 0 Å². The second-order valence-corrected chi connectivity index (χ2v) is 5.18. The first-order chi connectivity index (χ1) is 9.10. The third kappa shape index (κ3) is 5.89. The van der Waals surface area contributed by atoms with Crippen LogP contribution in [0, 0.1) is 5.92 Å². The van der Waals surface area contributed by atoms with Gasteiger partial charge in [-0.15, -0.1) is 0 Å². The van der Waals surface area contributed by atoms with Crippen molar-refractivity contribution in [2.45, 2.75) is 45.3 Å². The average Bonchev–Trinajstić information content (AvgIpc) is 3.20. The number of carboxylic acid groups (broad SMARTS) is 1. The second-order valence-electron chi connectivity index (χ2n) is 5.18. The summed E-state index contributed by atoms with van der Waals surface area (Å²) in [6.07, 6.45) is 2.42. The van der Waals surface area contributed by atoms with E-state index >= 15 is 0 Å². The Hall–Kier alpha value is -0.650. The third-order valence-corrected chi connectivity index (χ3v) is 3.78. The van der Waals surface area contributed by atoms with Crippen LogP contribution in [-0.2, 0) is 14.3 Å². The van der Waals surface area contributed by atoms with Crippen LogP contribution >= 0.6 is 0 Å². The Morgan fingerprint density at radius 2 is 2.11 bits per heavy atom. The van der Waals surface area contributed by atoms with Crippen LogP contribution in [0.4, 0.5) is 0 Å². The average molecular weight is 273 g/mol. The van der Waals surface area contributed by atoms with Crippen LogP contribution in [0.2, 0.25) is 0 Å². The van der Waals surface area contributed by atoms with Crippen LogP contribution in [0.5, 0.6) is 0 Å². The summed E-state index contributed by atoms with van der Waals surface area (Å²) in [6, 6.07) is 0.506. The molecule has 0 heterocycles. The van der Waals surface area contributed by atoms with E-state index in [0.717, 1.165) is 19.0 Å². The molecule has 0 aromatic heterocycles. The number of aliphatic carboxylic acids is 1. The van der Waals surface area contributed by atoms with E-state index in [-0.39, 0.29) is 0 Å². The number of hydrogen-bond donors (Lipinski definition) is 1. The molecule has 1 aliphatic carbocycles. The standard InChI is InChI=1S/C14H27NO4/c1-4-19-13(14(16)17)7-8-15(9-10-18-3)11(2)12-5-6-12/h11-13H,4-10H2,1-3H3,(H,16,17). The van der Waals surface area contributed by atoms with Gasteiger partial charge in [0.15, 0.2) is 6.10 Å². The van der Waals surface area contributed by atoms with E-state index in [2.05, 4.69) is 11.8 Å². The fourth-order valence-corrected chi connectivity index (χ4v) is 2.37. The van der Waals surface area contributed by atoms with E-state index in [1.807, 2.05) is 6.92 Å². The van der Waals surface area contributed by atoms with Crippen molar-refractivity contribution in [1.29, 1.82) is 0 Å². The lowest BCUT2D eigenvalue weighted by Crippen LogP contribution is -2.40. The normalized spacial score (nSPS) is 18.5. The summed E-state index contributed by atoms with van der Waals surface area (Å²) in [5.41, 5.74) is 0. The molecule has 112 valence electrons. The number of carboxylic acids is 1. The molecule has 2 unspecified atom stereocenters. The highest BCUT2D eigenvalue weighted by Gasteiger charge is 2.32. The van der Waals surface area contributed by atoms with Gasteiger partial charge in [-0.25, -0.2) is 4.79 Å². The molecular weight excluding hydrogens is 246 g/mol. The molecule has 0 radical (unpaired) electrons. The topological polar surface area (TPSA) is 59.0 Å². The van der Waals surface area contributed by atoms with Gasteiger partial charge in [0, 0.05) is 32.8 Å². The van der Waals surface area contributed by atoms with Crippen molar-refractivity contribution in [3.8, 4) is 0 Å². The molecule has 0 aliphatic heterocycles. The molecule has 1 saturated carbocycles. The lowest BCUT2D eigenvalue weighted by Gasteiger charge is -2.29. The van der Waals surface area contributed by atoms with Crippen LogP contribution in [-0.4, -0.2) is 61.5 Å². The van der Waals surface area contributed by atoms with Gasteiger partial charge in [0.25, 0.3) is 0 Å². The smallest absolute Gasteiger partial charge is 0.332 e. The highest BCUT2D eigenvalue weighted by Crippen LogP contribution is 2.35. The fraction of sp³-hybridized carbons (Fsp3) is 0.929. The first kappa shape index (κ1) is 16.4. The quantitative estimate of drug-likeness (QED) is 0.620. The molecule has 0 amide bonds. The summed E-state index contributed by atoms with van der Waals surface area (Å²) in [7, 11) is 1.69. The Labute approximate surface area is 115 Å². The Bertz CT molecular complexity index is 268. The number of nitrogens with zero attached hydrogens (tertiary/aromatic N) is 1. The number of methoxy groups -OCH3 is 1. The number of hydrogen-bond acceptors (Lipinski definition) is 4. The predicted octanol–water partition coefficient (Wildman–Crippen LogP) is 1.61. The molecule has 1 N–H and O–H groups in total. The maximum absolute atomic E-state index is 11.1. The Balaban J connectivity index is 2.43. The largest absolute Gasteiger partial charge is 0.479 e. The minimum Gasteiger partial charge on any atom is -0.479 e. The lowest BCUT2D eigenvalue weighted by molar-refractivity contribution is -0.150. The van der Waals surface area contributed by atoms with Crippen LogP contribution in [0.25, 0.3) is 0 Å². The van der Waals surface area contributed by atoms with Gasteiger partial charge in [0.05, 0.1) is 6.61 Å². The molecule has 5 heteroatoms. The van der Waals surface area contributed by atoms with Gasteiger partial charge in [0.2, 0.25) is 0 Å². The fourth-order valence-electron chi connectivity index (χ4n) is 2.37. The van der Waals surface area contributed by atoms with E-state index in [4.69, 9.17) is 14.6 Å². The summed E-state index contributed by atoms with van der Waals surface area (Å²) in [6.45, 7) is 6.77. The Kier molecular flexibility index (Phi) is 7.34. The Morgan fingerprint density at radius 1 is 1.42 bits per heavy atom. The predicted molar refractivity (Wildman–Crippen MR) is 73.3 cm³/mol. The monoisotopic (exact) mass is 273 g/mol. The van der Waals surface area contributed by atoms with Crippen LogP contribution in [0.1, 0.15) is 33.1 Å². The van der Waals surface area contributed by atoms with E-state index in [1.54, 1.807) is 7.11 Å². The summed E-state index contributed by atoms with van der Waals surface area (Å²) in [5, 5.41) is 9.09. The van der Waals surface area contributed by atoms with Crippen LogP contribution < -0.4 is 0 Å². The van der Waals surface area contributed by atoms with Crippen molar-refractivity contribution in [1.82, 2.24) is 4.90 Å². The van der Waals surface area contributed by atoms with E-state index in [1.165, 1.54) is 12.8 Å². The molecular formula is C14H27NO4. The van der Waals surface area contributed by atoms with Crippen molar-refractivity contribution in [2.24, 2.45) is 5.92 Å². The van der Waals surface area contributed by atoms with Gasteiger partial charge in [-0.2, -0.15) is 0 Å². The van der Waals surface area contributed by atoms with Crippen LogP contribution in [0.15, 0.2) is 0 Å². The highest BCUT2D eigenvalue weighted by molar-refractivity contribution is 5.72. The molecule has 0 bridgehead atoms. The zero-order valence-electron chi connectivity index (χ0n) is 12.3. The molecule has 19 heavy (non-hydrogen) atoms. The van der Waals surface area contributed by atoms with Crippen molar-refractivity contribution in [2.75, 3.05) is 33.4 Å². The first-order valence-electron chi connectivity index (χ1n) is 7.17. The molecule has 0 aromatic carbocycles. The van der Waals surface area contributed by atoms with Gasteiger partial charge in [-0.1, -0.05) is 0 Å². The van der Waals surface area contributed by atoms with E-state index in [9.17, 15) is 4.79 Å². The van der Waals surface area contributed by atoms with Gasteiger partial charge in [-0.3, -0.25) is 4.90 Å². The Morgan fingerprint density at radius 3 is 2.58 bits per heavy atom. The third-order valence-electron chi connectivity index (χ3n) is 3.78. The zero-order chi connectivity index (χ0) is 14.3. The van der Waals surface area contributed by atoms with Crippen molar-refractivity contribution >= 4 is 5.97 Å². The van der Waals surface area contributed by atoms with Gasteiger partial charge in [0.1, 0.15) is 0 Å². The molecule has 2 atom stereocenters. The number of rotatable bonds is 11. The van der Waals surface area contributed by atoms with E-state index < -0.39 is 12.1 Å². The molecule has 5 nitrogen and oxygen atoms in total. The number of ether oxygens (including phenoxy) is 2. The maximum atomic E-state index is 11.1. The zero-order valence-corrected chi connectivity index (χ0v) is 12.3. The molecule has 0 aromatic rings. The van der Waals surface area contributed by atoms with Gasteiger partial charge in [-0.05, 0) is 39.0 Å². The summed E-state index contributed by atoms with van der Waals surface area (Å²) in [5.74, 6) is -0.0974.